The average Bonchev–Trinajstić information content (AvgIpc) is 3.34. The van der Waals surface area contributed by atoms with Crippen LogP contribution in [0.3, 0.4) is 0 Å². The van der Waals surface area contributed by atoms with Crippen molar-refractivity contribution >= 4 is 0 Å². The molecule has 0 spiro atoms. The normalized spacial score (nSPS) is 19.2. The van der Waals surface area contributed by atoms with Crippen molar-refractivity contribution in [2.45, 2.75) is 124 Å². The van der Waals surface area contributed by atoms with Crippen molar-refractivity contribution in [2.24, 2.45) is 0 Å². The Kier molecular flexibility index (Phi) is 13.6. The third kappa shape index (κ3) is 13.7. The van der Waals surface area contributed by atoms with Crippen LogP contribution < -0.4 is 0 Å². The molecule has 1 heterocycles. The molecular formula is C31H50O. The lowest BCUT2D eigenvalue weighted by Crippen LogP contribution is -2.02. The van der Waals surface area contributed by atoms with Crippen molar-refractivity contribution in [1.29, 1.82) is 0 Å². The standard InChI is InChI=1S/C31H50O/c1-9-29(21-12-15-25(2)3)22-14-20-27(5)17-11-10-16-26(4)18-13-19-28(6)23-24-30-31(7,8)32-30/h9,15-17,19,22,30H,1,10-14,18,20-21,23-24H2,2-8H3/b26-16+,27-17+,28-19?,29-22-. The molecule has 0 aromatic rings. The molecular weight excluding hydrogens is 388 g/mol. The topological polar surface area (TPSA) is 12.5 Å². The maximum atomic E-state index is 5.68. The number of unbranched alkanes of at least 4 members (excludes halogenated alkanes) is 1. The molecule has 1 rings (SSSR count). The summed E-state index contributed by atoms with van der Waals surface area (Å²) in [6, 6.07) is 0. The van der Waals surface area contributed by atoms with Crippen molar-refractivity contribution in [3.63, 3.8) is 0 Å². The van der Waals surface area contributed by atoms with Crippen LogP contribution in [0.5, 0.6) is 0 Å². The summed E-state index contributed by atoms with van der Waals surface area (Å²) in [5.74, 6) is 0. The first-order valence-electron chi connectivity index (χ1n) is 12.7. The number of rotatable bonds is 16. The highest BCUT2D eigenvalue weighted by molar-refractivity contribution is 5.17. The molecule has 32 heavy (non-hydrogen) atoms. The SMILES string of the molecule is C=C/C(=C/CC/C(C)=C/CC/C=C(\C)CCC=C(C)CCC1OC1(C)C)CCC=C(C)C. The van der Waals surface area contributed by atoms with Gasteiger partial charge in [0.2, 0.25) is 0 Å². The molecule has 180 valence electrons. The molecule has 0 amide bonds. The van der Waals surface area contributed by atoms with E-state index in [9.17, 15) is 0 Å². The number of ether oxygens (including phenoxy) is 1. The maximum Gasteiger partial charge on any atom is 0.0892 e. The van der Waals surface area contributed by atoms with Gasteiger partial charge in [-0.15, -0.1) is 0 Å². The summed E-state index contributed by atoms with van der Waals surface area (Å²) in [6.07, 6.45) is 25.8. The second-order valence-corrected chi connectivity index (χ2v) is 10.4. The highest BCUT2D eigenvalue weighted by Crippen LogP contribution is 2.38. The summed E-state index contributed by atoms with van der Waals surface area (Å²) in [5, 5.41) is 0. The summed E-state index contributed by atoms with van der Waals surface area (Å²) >= 11 is 0. The molecule has 0 bridgehead atoms. The third-order valence-electron chi connectivity index (χ3n) is 6.34. The van der Waals surface area contributed by atoms with E-state index in [1.807, 2.05) is 6.08 Å². The van der Waals surface area contributed by atoms with Gasteiger partial charge in [0.05, 0.1) is 11.7 Å². The summed E-state index contributed by atoms with van der Waals surface area (Å²) in [4.78, 5) is 0. The Morgan fingerprint density at radius 1 is 0.688 bits per heavy atom. The van der Waals surface area contributed by atoms with E-state index in [1.165, 1.54) is 40.7 Å². The molecule has 0 N–H and O–H groups in total. The van der Waals surface area contributed by atoms with E-state index >= 15 is 0 Å². The zero-order valence-electron chi connectivity index (χ0n) is 22.2. The third-order valence-corrected chi connectivity index (χ3v) is 6.34. The highest BCUT2D eigenvalue weighted by Gasteiger charge is 2.46. The molecule has 1 heteroatoms. The van der Waals surface area contributed by atoms with E-state index in [-0.39, 0.29) is 5.60 Å². The van der Waals surface area contributed by atoms with Gasteiger partial charge in [0, 0.05) is 0 Å². The van der Waals surface area contributed by atoms with Crippen molar-refractivity contribution in [1.82, 2.24) is 0 Å². The Morgan fingerprint density at radius 2 is 1.16 bits per heavy atom. The Balaban J connectivity index is 2.21. The first-order valence-corrected chi connectivity index (χ1v) is 12.7. The molecule has 1 fully saturated rings. The van der Waals surface area contributed by atoms with Gasteiger partial charge in [0.25, 0.3) is 0 Å². The van der Waals surface area contributed by atoms with Gasteiger partial charge >= 0.3 is 0 Å². The van der Waals surface area contributed by atoms with Crippen molar-refractivity contribution in [2.75, 3.05) is 0 Å². The molecule has 1 unspecified atom stereocenters. The molecule has 0 radical (unpaired) electrons. The summed E-state index contributed by atoms with van der Waals surface area (Å²) in [6.45, 7) is 19.5. The van der Waals surface area contributed by atoms with E-state index in [4.69, 9.17) is 4.74 Å². The molecule has 1 saturated heterocycles. The highest BCUT2D eigenvalue weighted by atomic mass is 16.6. The van der Waals surface area contributed by atoms with Crippen molar-refractivity contribution < 1.29 is 4.74 Å². The van der Waals surface area contributed by atoms with Crippen LogP contribution in [0, 0.1) is 0 Å². The summed E-state index contributed by atoms with van der Waals surface area (Å²) in [7, 11) is 0. The average molecular weight is 439 g/mol. The Hall–Kier alpha value is -1.60. The minimum Gasteiger partial charge on any atom is -0.367 e. The zero-order chi connectivity index (χ0) is 24.0. The molecule has 0 aromatic heterocycles. The molecule has 0 saturated carbocycles. The second-order valence-electron chi connectivity index (χ2n) is 10.4. The first kappa shape index (κ1) is 28.4. The van der Waals surface area contributed by atoms with Crippen LogP contribution in [-0.4, -0.2) is 11.7 Å². The first-order chi connectivity index (χ1) is 15.1. The Morgan fingerprint density at radius 3 is 1.66 bits per heavy atom. The van der Waals surface area contributed by atoms with Crippen LogP contribution in [0.4, 0.5) is 0 Å². The lowest BCUT2D eigenvalue weighted by molar-refractivity contribution is 0.320. The molecule has 1 aliphatic rings. The fourth-order valence-electron chi connectivity index (χ4n) is 3.91. The van der Waals surface area contributed by atoms with Crippen molar-refractivity contribution in [3.05, 3.63) is 70.9 Å². The van der Waals surface area contributed by atoms with E-state index in [0.29, 0.717) is 6.10 Å². The fourth-order valence-corrected chi connectivity index (χ4v) is 3.91. The number of epoxide rings is 1. The number of allylic oxidation sites excluding steroid dienone is 11. The largest absolute Gasteiger partial charge is 0.367 e. The maximum absolute atomic E-state index is 5.68. The summed E-state index contributed by atoms with van der Waals surface area (Å²) < 4.78 is 5.68. The van der Waals surface area contributed by atoms with Gasteiger partial charge < -0.3 is 4.74 Å². The predicted molar refractivity (Wildman–Crippen MR) is 144 cm³/mol. The van der Waals surface area contributed by atoms with Gasteiger partial charge in [-0.2, -0.15) is 0 Å². The van der Waals surface area contributed by atoms with Crippen LogP contribution >= 0.6 is 0 Å². The number of hydrogen-bond donors (Lipinski definition) is 0. The second kappa shape index (κ2) is 15.3. The van der Waals surface area contributed by atoms with E-state index in [0.717, 1.165) is 51.4 Å². The smallest absolute Gasteiger partial charge is 0.0892 e. The quantitative estimate of drug-likeness (QED) is 0.101. The van der Waals surface area contributed by atoms with Gasteiger partial charge in [0.1, 0.15) is 0 Å². The fraction of sp³-hybridized carbons (Fsp3) is 0.613. The Bertz CT molecular complexity index is 720. The molecule has 1 nitrogen and oxygen atoms in total. The monoisotopic (exact) mass is 438 g/mol. The molecule has 0 aromatic carbocycles. The lowest BCUT2D eigenvalue weighted by atomic mass is 10.0. The Labute approximate surface area is 200 Å². The van der Waals surface area contributed by atoms with Gasteiger partial charge in [-0.25, -0.2) is 0 Å². The number of hydrogen-bond acceptors (Lipinski definition) is 1. The van der Waals surface area contributed by atoms with Gasteiger partial charge in [-0.1, -0.05) is 70.9 Å². The van der Waals surface area contributed by atoms with Crippen LogP contribution in [0.25, 0.3) is 0 Å². The van der Waals surface area contributed by atoms with Gasteiger partial charge in [0.15, 0.2) is 0 Å². The summed E-state index contributed by atoms with van der Waals surface area (Å²) in [5.41, 5.74) is 7.43. The van der Waals surface area contributed by atoms with Gasteiger partial charge in [-0.05, 0) is 113 Å². The van der Waals surface area contributed by atoms with E-state index in [1.54, 1.807) is 0 Å². The van der Waals surface area contributed by atoms with E-state index in [2.05, 4.69) is 85.4 Å². The van der Waals surface area contributed by atoms with Crippen LogP contribution in [-0.2, 0) is 4.74 Å². The molecule has 0 aliphatic carbocycles. The van der Waals surface area contributed by atoms with Crippen molar-refractivity contribution in [3.8, 4) is 0 Å². The lowest BCUT2D eigenvalue weighted by Gasteiger charge is -2.03. The molecule has 1 aliphatic heterocycles. The van der Waals surface area contributed by atoms with Crippen LogP contribution in [0.2, 0.25) is 0 Å². The zero-order valence-corrected chi connectivity index (χ0v) is 22.2. The minimum atomic E-state index is 0.128. The molecule has 1 atom stereocenters. The van der Waals surface area contributed by atoms with Crippen LogP contribution in [0.1, 0.15) is 113 Å². The minimum absolute atomic E-state index is 0.128. The van der Waals surface area contributed by atoms with Crippen LogP contribution in [0.15, 0.2) is 70.9 Å². The predicted octanol–water partition coefficient (Wildman–Crippen LogP) is 9.98. The van der Waals surface area contributed by atoms with Gasteiger partial charge in [-0.3, -0.25) is 0 Å². The van der Waals surface area contributed by atoms with E-state index < -0.39 is 0 Å².